The van der Waals surface area contributed by atoms with Crippen molar-refractivity contribution >= 4 is 39.9 Å². The minimum absolute atomic E-state index is 0.354. The van der Waals surface area contributed by atoms with Crippen LogP contribution in [0.1, 0.15) is 0 Å². The highest BCUT2D eigenvalue weighted by Gasteiger charge is 2.19. The van der Waals surface area contributed by atoms with Gasteiger partial charge in [-0.1, -0.05) is 47.5 Å². The molecule has 0 atom stereocenters. The van der Waals surface area contributed by atoms with Crippen LogP contribution in [0.5, 0.6) is 11.6 Å². The van der Waals surface area contributed by atoms with Crippen molar-refractivity contribution in [1.29, 1.82) is 0 Å². The molecule has 2 heterocycles. The maximum atomic E-state index is 6.41. The average molecular weight is 407 g/mol. The molecule has 0 amide bonds. The lowest BCUT2D eigenvalue weighted by molar-refractivity contribution is 0.467. The van der Waals surface area contributed by atoms with Crippen LogP contribution in [0.15, 0.2) is 72.8 Å². The molecule has 0 fully saturated rings. The third kappa shape index (κ3) is 2.85. The minimum Gasteiger partial charge on any atom is -0.436 e. The third-order valence-electron chi connectivity index (χ3n) is 4.34. The van der Waals surface area contributed by atoms with Crippen LogP contribution in [0.25, 0.3) is 28.1 Å². The number of rotatable bonds is 3. The molecule has 0 aliphatic carbocycles. The maximum Gasteiger partial charge on any atom is 0.266 e. The van der Waals surface area contributed by atoms with Gasteiger partial charge >= 0.3 is 0 Å². The number of halogens is 2. The molecule has 0 spiro atoms. The zero-order valence-electron chi connectivity index (χ0n) is 14.4. The zero-order chi connectivity index (χ0) is 19.1. The van der Waals surface area contributed by atoms with E-state index in [0.29, 0.717) is 33.1 Å². The molecule has 7 heteroatoms. The number of para-hydroxylation sites is 2. The fourth-order valence-corrected chi connectivity index (χ4v) is 3.40. The highest BCUT2D eigenvalue weighted by molar-refractivity contribution is 6.33. The lowest BCUT2D eigenvalue weighted by atomic mass is 10.2. The van der Waals surface area contributed by atoms with E-state index < -0.39 is 0 Å². The Labute approximate surface area is 170 Å². The number of fused-ring (bicyclic) bond motifs is 3. The van der Waals surface area contributed by atoms with Crippen LogP contribution in [0, 0.1) is 0 Å². The molecular formula is C21H12Cl2N4O. The van der Waals surface area contributed by atoms with Crippen LogP contribution in [0.2, 0.25) is 10.0 Å². The van der Waals surface area contributed by atoms with E-state index in [1.165, 1.54) is 0 Å². The Morgan fingerprint density at radius 3 is 2.36 bits per heavy atom. The molecule has 0 saturated heterocycles. The van der Waals surface area contributed by atoms with Crippen LogP contribution in [0.3, 0.4) is 0 Å². The van der Waals surface area contributed by atoms with Gasteiger partial charge in [0, 0.05) is 10.6 Å². The molecule has 0 saturated carbocycles. The van der Waals surface area contributed by atoms with Gasteiger partial charge in [0.2, 0.25) is 5.65 Å². The van der Waals surface area contributed by atoms with Crippen LogP contribution < -0.4 is 4.74 Å². The lowest BCUT2D eigenvalue weighted by Crippen LogP contribution is -1.98. The Bertz CT molecular complexity index is 1320. The van der Waals surface area contributed by atoms with Gasteiger partial charge in [-0.15, -0.1) is 10.2 Å². The monoisotopic (exact) mass is 406 g/mol. The summed E-state index contributed by atoms with van der Waals surface area (Å²) < 4.78 is 7.92. The van der Waals surface area contributed by atoms with Crippen molar-refractivity contribution in [2.24, 2.45) is 0 Å². The first-order chi connectivity index (χ1) is 13.7. The van der Waals surface area contributed by atoms with Crippen molar-refractivity contribution in [2.45, 2.75) is 0 Å². The van der Waals surface area contributed by atoms with E-state index in [0.717, 1.165) is 16.6 Å². The summed E-state index contributed by atoms with van der Waals surface area (Å²) in [4.78, 5) is 4.64. The minimum atomic E-state index is 0.354. The molecule has 0 aliphatic rings. The molecule has 0 aliphatic heterocycles. The first-order valence-corrected chi connectivity index (χ1v) is 9.28. The smallest absolute Gasteiger partial charge is 0.266 e. The Morgan fingerprint density at radius 2 is 1.54 bits per heavy atom. The molecule has 0 N–H and O–H groups in total. The maximum absolute atomic E-state index is 6.41. The van der Waals surface area contributed by atoms with E-state index in [9.17, 15) is 0 Å². The topological polar surface area (TPSA) is 52.3 Å². The van der Waals surface area contributed by atoms with Crippen LogP contribution >= 0.6 is 23.2 Å². The van der Waals surface area contributed by atoms with Crippen LogP contribution in [0.4, 0.5) is 0 Å². The number of hydrogen-bond acceptors (Lipinski definition) is 4. The summed E-state index contributed by atoms with van der Waals surface area (Å²) in [6, 6.07) is 22.3. The Balaban J connectivity index is 1.78. The number of ether oxygens (including phenoxy) is 1. The molecule has 5 aromatic rings. The summed E-state index contributed by atoms with van der Waals surface area (Å²) in [6.45, 7) is 0. The predicted molar refractivity (Wildman–Crippen MR) is 110 cm³/mol. The summed E-state index contributed by atoms with van der Waals surface area (Å²) in [7, 11) is 0. The summed E-state index contributed by atoms with van der Waals surface area (Å²) in [5.41, 5.74) is 2.90. The Morgan fingerprint density at radius 1 is 0.786 bits per heavy atom. The second-order valence-electron chi connectivity index (χ2n) is 6.12. The number of nitrogens with zero attached hydrogens (tertiary/aromatic N) is 4. The summed E-state index contributed by atoms with van der Waals surface area (Å²) >= 11 is 12.4. The summed E-state index contributed by atoms with van der Waals surface area (Å²) in [5.74, 6) is 1.59. The van der Waals surface area contributed by atoms with Gasteiger partial charge in [-0.25, -0.2) is 4.98 Å². The fourth-order valence-electron chi connectivity index (χ4n) is 3.06. The quantitative estimate of drug-likeness (QED) is 0.366. The number of hydrogen-bond donors (Lipinski definition) is 0. The Hall–Kier alpha value is -3.15. The van der Waals surface area contributed by atoms with E-state index in [4.69, 9.17) is 27.9 Å². The number of benzene rings is 3. The van der Waals surface area contributed by atoms with E-state index in [-0.39, 0.29) is 0 Å². The van der Waals surface area contributed by atoms with Crippen LogP contribution in [-0.4, -0.2) is 19.6 Å². The van der Waals surface area contributed by atoms with Gasteiger partial charge in [-0.05, 0) is 48.5 Å². The van der Waals surface area contributed by atoms with Crippen molar-refractivity contribution in [3.05, 3.63) is 82.8 Å². The Kier molecular flexibility index (Phi) is 4.11. The molecule has 5 nitrogen and oxygen atoms in total. The molecule has 0 unspecified atom stereocenters. The molecular weight excluding hydrogens is 395 g/mol. The van der Waals surface area contributed by atoms with Gasteiger partial charge in [0.05, 0.1) is 16.1 Å². The summed E-state index contributed by atoms with van der Waals surface area (Å²) in [5, 5.41) is 9.95. The van der Waals surface area contributed by atoms with Gasteiger partial charge in [-0.2, -0.15) is 0 Å². The molecule has 0 bridgehead atoms. The second-order valence-corrected chi connectivity index (χ2v) is 6.97. The van der Waals surface area contributed by atoms with Gasteiger partial charge in [-0.3, -0.25) is 4.40 Å². The second kappa shape index (κ2) is 6.78. The van der Waals surface area contributed by atoms with Crippen molar-refractivity contribution < 1.29 is 4.74 Å². The highest BCUT2D eigenvalue weighted by atomic mass is 35.5. The van der Waals surface area contributed by atoms with Crippen molar-refractivity contribution in [2.75, 3.05) is 0 Å². The van der Waals surface area contributed by atoms with E-state index in [1.807, 2.05) is 52.9 Å². The zero-order valence-corrected chi connectivity index (χ0v) is 15.9. The van der Waals surface area contributed by atoms with E-state index in [2.05, 4.69) is 15.2 Å². The first kappa shape index (κ1) is 17.0. The van der Waals surface area contributed by atoms with E-state index in [1.54, 1.807) is 24.3 Å². The predicted octanol–water partition coefficient (Wildman–Crippen LogP) is 6.04. The summed E-state index contributed by atoms with van der Waals surface area (Å²) in [6.07, 6.45) is 0. The van der Waals surface area contributed by atoms with E-state index >= 15 is 0 Å². The molecule has 28 heavy (non-hydrogen) atoms. The molecule has 5 rings (SSSR count). The van der Waals surface area contributed by atoms with Gasteiger partial charge in [0.15, 0.2) is 5.82 Å². The first-order valence-electron chi connectivity index (χ1n) is 8.53. The van der Waals surface area contributed by atoms with Gasteiger partial charge < -0.3 is 4.74 Å². The highest BCUT2D eigenvalue weighted by Crippen LogP contribution is 2.33. The lowest BCUT2D eigenvalue weighted by Gasteiger charge is -2.10. The fraction of sp³-hybridized carbons (Fsp3) is 0. The van der Waals surface area contributed by atoms with Crippen LogP contribution in [-0.2, 0) is 0 Å². The molecule has 2 aromatic heterocycles. The third-order valence-corrected chi connectivity index (χ3v) is 4.92. The van der Waals surface area contributed by atoms with Crippen molar-refractivity contribution in [3.8, 4) is 23.0 Å². The van der Waals surface area contributed by atoms with Crippen molar-refractivity contribution in [3.63, 3.8) is 0 Å². The molecule has 0 radical (unpaired) electrons. The van der Waals surface area contributed by atoms with Gasteiger partial charge in [0.25, 0.3) is 5.88 Å². The number of aromatic nitrogens is 4. The largest absolute Gasteiger partial charge is 0.436 e. The van der Waals surface area contributed by atoms with Crippen molar-refractivity contribution in [1.82, 2.24) is 19.6 Å². The SMILES string of the molecule is Clc1ccc(Oc2nc3ccccc3n3c(-c4ccccc4Cl)nnc23)cc1. The molecule has 3 aromatic carbocycles. The van der Waals surface area contributed by atoms with Gasteiger partial charge in [0.1, 0.15) is 5.75 Å². The average Bonchev–Trinajstić information content (AvgIpc) is 3.16. The normalized spacial score (nSPS) is 11.2. The molecule has 136 valence electrons. The standard InChI is InChI=1S/C21H12Cl2N4O/c22-13-9-11-14(12-10-13)28-21-20-26-25-19(15-5-1-2-6-16(15)23)27(20)18-8-4-3-7-17(18)24-21/h1-12H.